The molecule has 0 radical (unpaired) electrons. The molecule has 2 aromatic carbocycles. The second-order valence-electron chi connectivity index (χ2n) is 6.93. The summed E-state index contributed by atoms with van der Waals surface area (Å²) in [6, 6.07) is 12.7. The number of aryl methyl sites for hydroxylation is 1. The van der Waals surface area contributed by atoms with Gasteiger partial charge in [0, 0.05) is 17.7 Å². The van der Waals surface area contributed by atoms with Crippen LogP contribution in [0.15, 0.2) is 48.5 Å². The van der Waals surface area contributed by atoms with Gasteiger partial charge in [0.1, 0.15) is 16.9 Å². The van der Waals surface area contributed by atoms with E-state index in [2.05, 4.69) is 15.5 Å². The number of aromatic nitrogens is 2. The van der Waals surface area contributed by atoms with E-state index in [1.807, 2.05) is 31.2 Å². The van der Waals surface area contributed by atoms with Gasteiger partial charge in [-0.3, -0.25) is 14.9 Å². The Morgan fingerprint density at radius 3 is 2.55 bits per heavy atom. The molecule has 1 fully saturated rings. The summed E-state index contributed by atoms with van der Waals surface area (Å²) in [5.41, 5.74) is 2.45. The van der Waals surface area contributed by atoms with Crippen LogP contribution in [-0.4, -0.2) is 39.5 Å². The van der Waals surface area contributed by atoms with E-state index < -0.39 is 11.9 Å². The van der Waals surface area contributed by atoms with Crippen molar-refractivity contribution >= 4 is 28.3 Å². The van der Waals surface area contributed by atoms with Gasteiger partial charge in [-0.05, 0) is 44.0 Å². The molecule has 0 saturated carbocycles. The molecule has 1 aliphatic heterocycles. The molecule has 1 aromatic heterocycles. The van der Waals surface area contributed by atoms with Crippen molar-refractivity contribution in [1.82, 2.24) is 15.1 Å². The third-order valence-corrected chi connectivity index (χ3v) is 5.75. The predicted molar refractivity (Wildman–Crippen MR) is 109 cm³/mol. The molecule has 0 spiro atoms. The lowest BCUT2D eigenvalue weighted by Crippen LogP contribution is -2.43. The standard InChI is InChI=1S/C21H19FN4O2S/c1-13-4-6-14(7-5-13)19-24-25-21(29-19)23-18(27)17-3-2-12-26(17)20(28)15-8-10-16(22)11-9-15/h4-11,17H,2-3,12H2,1H3,(H,23,25,27). The number of carbonyl (C=O) groups excluding carboxylic acids is 2. The summed E-state index contributed by atoms with van der Waals surface area (Å²) < 4.78 is 13.1. The Hall–Kier alpha value is -3.13. The summed E-state index contributed by atoms with van der Waals surface area (Å²) in [5.74, 6) is -0.970. The Bertz CT molecular complexity index is 1030. The molecule has 6 nitrogen and oxygen atoms in total. The highest BCUT2D eigenvalue weighted by Crippen LogP contribution is 2.28. The van der Waals surface area contributed by atoms with Crippen LogP contribution in [0.25, 0.3) is 10.6 Å². The van der Waals surface area contributed by atoms with Gasteiger partial charge in [0.25, 0.3) is 5.91 Å². The number of benzene rings is 2. The van der Waals surface area contributed by atoms with Gasteiger partial charge in [0.15, 0.2) is 0 Å². The summed E-state index contributed by atoms with van der Waals surface area (Å²) in [4.78, 5) is 27.1. The van der Waals surface area contributed by atoms with E-state index in [4.69, 9.17) is 0 Å². The molecule has 1 N–H and O–H groups in total. The Labute approximate surface area is 171 Å². The number of rotatable bonds is 4. The fraction of sp³-hybridized carbons (Fsp3) is 0.238. The topological polar surface area (TPSA) is 75.2 Å². The van der Waals surface area contributed by atoms with E-state index in [-0.39, 0.29) is 11.8 Å². The van der Waals surface area contributed by atoms with Gasteiger partial charge in [0.2, 0.25) is 11.0 Å². The van der Waals surface area contributed by atoms with Crippen LogP contribution < -0.4 is 5.32 Å². The molecule has 1 atom stereocenters. The number of carbonyl (C=O) groups is 2. The van der Waals surface area contributed by atoms with Crippen molar-refractivity contribution in [2.75, 3.05) is 11.9 Å². The number of amides is 2. The van der Waals surface area contributed by atoms with E-state index in [0.29, 0.717) is 28.7 Å². The Morgan fingerprint density at radius 2 is 1.83 bits per heavy atom. The monoisotopic (exact) mass is 410 g/mol. The van der Waals surface area contributed by atoms with Crippen LogP contribution in [0.2, 0.25) is 0 Å². The lowest BCUT2D eigenvalue weighted by atomic mass is 10.1. The average molecular weight is 410 g/mol. The number of likely N-dealkylation sites (tertiary alicyclic amines) is 1. The van der Waals surface area contributed by atoms with Gasteiger partial charge in [-0.15, -0.1) is 10.2 Å². The first kappa shape index (κ1) is 19.2. The van der Waals surface area contributed by atoms with Crippen molar-refractivity contribution < 1.29 is 14.0 Å². The molecule has 8 heteroatoms. The zero-order valence-corrected chi connectivity index (χ0v) is 16.6. The number of halogens is 1. The predicted octanol–water partition coefficient (Wildman–Crippen LogP) is 3.90. The van der Waals surface area contributed by atoms with Gasteiger partial charge in [-0.1, -0.05) is 41.2 Å². The Morgan fingerprint density at radius 1 is 1.10 bits per heavy atom. The van der Waals surface area contributed by atoms with Crippen LogP contribution in [0.1, 0.15) is 28.8 Å². The summed E-state index contributed by atoms with van der Waals surface area (Å²) >= 11 is 1.29. The van der Waals surface area contributed by atoms with Crippen molar-refractivity contribution in [2.45, 2.75) is 25.8 Å². The highest BCUT2D eigenvalue weighted by atomic mass is 32.1. The van der Waals surface area contributed by atoms with Gasteiger partial charge in [-0.25, -0.2) is 4.39 Å². The number of hydrogen-bond acceptors (Lipinski definition) is 5. The first-order valence-corrected chi connectivity index (χ1v) is 10.1. The number of anilines is 1. The van der Waals surface area contributed by atoms with Crippen molar-refractivity contribution in [3.63, 3.8) is 0 Å². The molecule has 0 bridgehead atoms. The Kier molecular flexibility index (Phi) is 5.35. The van der Waals surface area contributed by atoms with E-state index in [1.54, 1.807) is 0 Å². The minimum atomic E-state index is -0.584. The minimum Gasteiger partial charge on any atom is -0.327 e. The Balaban J connectivity index is 1.45. The summed E-state index contributed by atoms with van der Waals surface area (Å²) in [7, 11) is 0. The molecule has 2 heterocycles. The van der Waals surface area contributed by atoms with Crippen molar-refractivity contribution in [3.8, 4) is 10.6 Å². The van der Waals surface area contributed by atoms with Gasteiger partial charge >= 0.3 is 0 Å². The van der Waals surface area contributed by atoms with Crippen molar-refractivity contribution in [3.05, 3.63) is 65.5 Å². The molecule has 1 aliphatic rings. The van der Waals surface area contributed by atoms with Gasteiger partial charge in [-0.2, -0.15) is 0 Å². The van der Waals surface area contributed by atoms with Crippen LogP contribution in [0, 0.1) is 12.7 Å². The molecule has 1 saturated heterocycles. The number of hydrogen-bond donors (Lipinski definition) is 1. The molecule has 3 aromatic rings. The molecular formula is C21H19FN4O2S. The van der Waals surface area contributed by atoms with Crippen LogP contribution in [-0.2, 0) is 4.79 Å². The third-order valence-electron chi connectivity index (χ3n) is 4.86. The maximum atomic E-state index is 13.1. The van der Waals surface area contributed by atoms with Crippen LogP contribution >= 0.6 is 11.3 Å². The summed E-state index contributed by atoms with van der Waals surface area (Å²) in [6.07, 6.45) is 1.30. The highest BCUT2D eigenvalue weighted by Gasteiger charge is 2.35. The average Bonchev–Trinajstić information content (AvgIpc) is 3.38. The second-order valence-corrected chi connectivity index (χ2v) is 7.91. The van der Waals surface area contributed by atoms with Crippen molar-refractivity contribution in [1.29, 1.82) is 0 Å². The van der Waals surface area contributed by atoms with Crippen molar-refractivity contribution in [2.24, 2.45) is 0 Å². The molecular weight excluding hydrogens is 391 g/mol. The van der Waals surface area contributed by atoms with E-state index in [0.717, 1.165) is 17.5 Å². The summed E-state index contributed by atoms with van der Waals surface area (Å²) in [5, 5.41) is 12.1. The molecule has 4 rings (SSSR count). The molecule has 29 heavy (non-hydrogen) atoms. The molecule has 148 valence electrons. The fourth-order valence-electron chi connectivity index (χ4n) is 3.32. The zero-order valence-electron chi connectivity index (χ0n) is 15.8. The molecule has 2 amide bonds. The maximum Gasteiger partial charge on any atom is 0.254 e. The van der Waals surface area contributed by atoms with E-state index in [1.165, 1.54) is 40.5 Å². The van der Waals surface area contributed by atoms with Crippen LogP contribution in [0.3, 0.4) is 0 Å². The van der Waals surface area contributed by atoms with Crippen LogP contribution in [0.4, 0.5) is 9.52 Å². The first-order valence-electron chi connectivity index (χ1n) is 9.29. The fourth-order valence-corrected chi connectivity index (χ4v) is 4.07. The third kappa shape index (κ3) is 4.17. The minimum absolute atomic E-state index is 0.278. The van der Waals surface area contributed by atoms with Crippen LogP contribution in [0.5, 0.6) is 0 Å². The maximum absolute atomic E-state index is 13.1. The largest absolute Gasteiger partial charge is 0.327 e. The molecule has 1 unspecified atom stereocenters. The normalized spacial score (nSPS) is 16.1. The zero-order chi connectivity index (χ0) is 20.4. The SMILES string of the molecule is Cc1ccc(-c2nnc(NC(=O)C3CCCN3C(=O)c3ccc(F)cc3)s2)cc1. The lowest BCUT2D eigenvalue weighted by Gasteiger charge is -2.23. The van der Waals surface area contributed by atoms with E-state index in [9.17, 15) is 14.0 Å². The second kappa shape index (κ2) is 8.08. The smallest absolute Gasteiger partial charge is 0.254 e. The lowest BCUT2D eigenvalue weighted by molar-refractivity contribution is -0.119. The first-order chi connectivity index (χ1) is 14.0. The van der Waals surface area contributed by atoms with Gasteiger partial charge in [0.05, 0.1) is 0 Å². The van der Waals surface area contributed by atoms with E-state index >= 15 is 0 Å². The summed E-state index contributed by atoms with van der Waals surface area (Å²) in [6.45, 7) is 2.50. The van der Waals surface area contributed by atoms with Gasteiger partial charge < -0.3 is 4.90 Å². The molecule has 0 aliphatic carbocycles. The highest BCUT2D eigenvalue weighted by molar-refractivity contribution is 7.18. The number of nitrogens with one attached hydrogen (secondary N) is 1. The quantitative estimate of drug-likeness (QED) is 0.708. The number of nitrogens with zero attached hydrogens (tertiary/aromatic N) is 3.